The number of imide groups is 1. The van der Waals surface area contributed by atoms with Crippen LogP contribution in [-0.4, -0.2) is 49.7 Å². The topological polar surface area (TPSA) is 127 Å². The average molecular weight is 452 g/mol. The minimum atomic E-state index is -0.640. The highest BCUT2D eigenvalue weighted by Crippen LogP contribution is 2.51. The number of nitro groups is 2. The second kappa shape index (κ2) is 7.61. The Bertz CT molecular complexity index is 1260. The van der Waals surface area contributed by atoms with Crippen molar-refractivity contribution in [2.75, 3.05) is 13.1 Å². The summed E-state index contributed by atoms with van der Waals surface area (Å²) in [5.41, 5.74) is 1.13. The van der Waals surface area contributed by atoms with E-state index in [2.05, 4.69) is 0 Å². The summed E-state index contributed by atoms with van der Waals surface area (Å²) in [7, 11) is 0. The molecule has 1 aliphatic heterocycles. The van der Waals surface area contributed by atoms with Gasteiger partial charge in [-0.1, -0.05) is 24.4 Å². The summed E-state index contributed by atoms with van der Waals surface area (Å²) in [6.07, 6.45) is 0. The van der Waals surface area contributed by atoms with Gasteiger partial charge >= 0.3 is 6.03 Å². The molecule has 1 aliphatic carbocycles. The van der Waals surface area contributed by atoms with Crippen molar-refractivity contribution < 1.29 is 19.4 Å². The molecule has 2 aromatic rings. The van der Waals surface area contributed by atoms with Gasteiger partial charge in [0.05, 0.1) is 21.0 Å². The van der Waals surface area contributed by atoms with Gasteiger partial charge in [0.25, 0.3) is 17.3 Å². The number of carbonyl (C=O) groups is 2. The number of non-ortho nitro benzene ring substituents is 1. The fraction of sp³-hybridized carbons (Fsp3) is 0.190. The Kier molecular flexibility index (Phi) is 5.05. The lowest BCUT2D eigenvalue weighted by Gasteiger charge is -2.35. The summed E-state index contributed by atoms with van der Waals surface area (Å²) < 4.78 is 0. The van der Waals surface area contributed by atoms with E-state index >= 15 is 0 Å². The highest BCUT2D eigenvalue weighted by atomic mass is 32.1. The van der Waals surface area contributed by atoms with Crippen LogP contribution >= 0.6 is 12.2 Å². The van der Waals surface area contributed by atoms with Gasteiger partial charge in [0.2, 0.25) is 0 Å². The molecule has 0 spiro atoms. The minimum Gasteiger partial charge on any atom is -0.284 e. The number of hydrogen-bond donors (Lipinski definition) is 0. The van der Waals surface area contributed by atoms with Crippen LogP contribution in [0.4, 0.5) is 16.2 Å². The van der Waals surface area contributed by atoms with Gasteiger partial charge in [-0.3, -0.25) is 34.8 Å². The van der Waals surface area contributed by atoms with Gasteiger partial charge in [-0.05, 0) is 36.6 Å². The molecule has 1 fully saturated rings. The second-order valence-electron chi connectivity index (χ2n) is 7.08. The fourth-order valence-electron chi connectivity index (χ4n) is 4.12. The molecule has 3 amide bonds. The number of urea groups is 1. The molecule has 2 aromatic carbocycles. The van der Waals surface area contributed by atoms with Crippen molar-refractivity contribution in [3.63, 3.8) is 0 Å². The van der Waals surface area contributed by atoms with Gasteiger partial charge in [0, 0.05) is 36.9 Å². The lowest BCUT2D eigenvalue weighted by atomic mass is 9.95. The van der Waals surface area contributed by atoms with Gasteiger partial charge in [0.15, 0.2) is 0 Å². The van der Waals surface area contributed by atoms with Gasteiger partial charge in [-0.2, -0.15) is 0 Å². The Morgan fingerprint density at radius 1 is 0.875 bits per heavy atom. The van der Waals surface area contributed by atoms with Crippen LogP contribution in [0.3, 0.4) is 0 Å². The van der Waals surface area contributed by atoms with E-state index in [1.807, 2.05) is 0 Å². The van der Waals surface area contributed by atoms with Gasteiger partial charge < -0.3 is 0 Å². The Balaban J connectivity index is 2.14. The van der Waals surface area contributed by atoms with Gasteiger partial charge in [-0.15, -0.1) is 0 Å². The van der Waals surface area contributed by atoms with Crippen molar-refractivity contribution in [3.05, 3.63) is 73.3 Å². The van der Waals surface area contributed by atoms with Crippen LogP contribution < -0.4 is 0 Å². The van der Waals surface area contributed by atoms with E-state index in [4.69, 9.17) is 12.2 Å². The Morgan fingerprint density at radius 2 is 1.56 bits per heavy atom. The van der Waals surface area contributed by atoms with Crippen molar-refractivity contribution in [3.8, 4) is 11.1 Å². The minimum absolute atomic E-state index is 0.0148. The van der Waals surface area contributed by atoms with Crippen molar-refractivity contribution in [2.24, 2.45) is 0 Å². The molecule has 162 valence electrons. The van der Waals surface area contributed by atoms with Crippen LogP contribution in [0.2, 0.25) is 0 Å². The molecule has 0 radical (unpaired) electrons. The predicted octanol–water partition coefficient (Wildman–Crippen LogP) is 3.92. The lowest BCUT2D eigenvalue weighted by molar-refractivity contribution is -0.385. The smallest absolute Gasteiger partial charge is 0.284 e. The van der Waals surface area contributed by atoms with E-state index in [0.717, 1.165) is 4.90 Å². The van der Waals surface area contributed by atoms with Crippen molar-refractivity contribution >= 4 is 46.1 Å². The highest BCUT2D eigenvalue weighted by Gasteiger charge is 2.43. The number of hydrogen-bond acceptors (Lipinski definition) is 7. The molecule has 0 unspecified atom stereocenters. The van der Waals surface area contributed by atoms with Crippen LogP contribution in [0.25, 0.3) is 16.7 Å². The van der Waals surface area contributed by atoms with Crippen molar-refractivity contribution in [1.29, 1.82) is 0 Å². The molecule has 0 aromatic heterocycles. The Hall–Kier alpha value is -3.99. The van der Waals surface area contributed by atoms with Crippen LogP contribution in [0.1, 0.15) is 25.0 Å². The number of amides is 3. The number of thiocarbonyl (C=S) groups is 1. The molecule has 1 heterocycles. The van der Waals surface area contributed by atoms with Crippen molar-refractivity contribution in [2.45, 2.75) is 13.8 Å². The summed E-state index contributed by atoms with van der Waals surface area (Å²) >= 11 is 5.50. The van der Waals surface area contributed by atoms with E-state index in [0.29, 0.717) is 11.1 Å². The normalized spacial score (nSPS) is 17.5. The van der Waals surface area contributed by atoms with E-state index in [9.17, 15) is 29.8 Å². The Labute approximate surface area is 187 Å². The maximum absolute atomic E-state index is 13.3. The molecule has 1 saturated heterocycles. The van der Waals surface area contributed by atoms with Gasteiger partial charge in [0.1, 0.15) is 4.99 Å². The first kappa shape index (κ1) is 21.2. The van der Waals surface area contributed by atoms with Crippen molar-refractivity contribution in [1.82, 2.24) is 9.80 Å². The van der Waals surface area contributed by atoms with Gasteiger partial charge in [-0.25, -0.2) is 4.79 Å². The summed E-state index contributed by atoms with van der Waals surface area (Å²) in [6.45, 7) is 3.66. The number of benzene rings is 2. The highest BCUT2D eigenvalue weighted by molar-refractivity contribution is 7.81. The zero-order valence-corrected chi connectivity index (χ0v) is 17.8. The van der Waals surface area contributed by atoms with E-state index in [1.165, 1.54) is 35.2 Å². The number of nitrogens with zero attached hydrogens (tertiary/aromatic N) is 4. The standard InChI is InChI=1S/C21H16N4O6S/c1-3-22-19(26)18(20(32)23(4-2)21(22)27)17-13-6-5-7-15(25(30)31)16(13)12-9-8-11(24(28)29)10-14(12)17/h5-10H,3-4H2,1-2H3. The van der Waals surface area contributed by atoms with Crippen LogP contribution in [0, 0.1) is 20.2 Å². The lowest BCUT2D eigenvalue weighted by Crippen LogP contribution is -2.55. The molecule has 0 atom stereocenters. The molecular weight excluding hydrogens is 436 g/mol. The predicted molar refractivity (Wildman–Crippen MR) is 119 cm³/mol. The first-order chi connectivity index (χ1) is 15.2. The molecular formula is C21H16N4O6S. The largest absolute Gasteiger partial charge is 0.332 e. The first-order valence-corrected chi connectivity index (χ1v) is 10.1. The summed E-state index contributed by atoms with van der Waals surface area (Å²) in [5.74, 6) is -0.640. The molecule has 4 rings (SSSR count). The third-order valence-corrected chi connectivity index (χ3v) is 5.95. The molecule has 0 N–H and O–H groups in total. The summed E-state index contributed by atoms with van der Waals surface area (Å²) in [5, 5.41) is 23.2. The average Bonchev–Trinajstić information content (AvgIpc) is 3.08. The SMILES string of the molecule is CCN1C(=O)C(=C2c3cc([N+](=O)[O-])ccc3-c3c2cccc3[N+](=O)[O-])C(=S)N(CC)C1=O. The quantitative estimate of drug-likeness (QED) is 0.254. The number of nitro benzene ring substituents is 2. The molecule has 32 heavy (non-hydrogen) atoms. The van der Waals surface area contributed by atoms with Crippen LogP contribution in [0.15, 0.2) is 42.0 Å². The van der Waals surface area contributed by atoms with E-state index in [-0.39, 0.29) is 51.7 Å². The Morgan fingerprint density at radius 3 is 2.16 bits per heavy atom. The number of rotatable bonds is 4. The molecule has 2 aliphatic rings. The third kappa shape index (κ3) is 2.89. The number of carbonyl (C=O) groups excluding carboxylic acids is 2. The zero-order valence-electron chi connectivity index (χ0n) is 17.0. The molecule has 0 bridgehead atoms. The fourth-order valence-corrected chi connectivity index (χ4v) is 4.52. The maximum atomic E-state index is 13.3. The molecule has 10 nitrogen and oxygen atoms in total. The van der Waals surface area contributed by atoms with Crippen LogP contribution in [0.5, 0.6) is 0 Å². The third-order valence-electron chi connectivity index (χ3n) is 5.52. The summed E-state index contributed by atoms with van der Waals surface area (Å²) in [6, 6.07) is 7.84. The number of fused-ring (bicyclic) bond motifs is 3. The summed E-state index contributed by atoms with van der Waals surface area (Å²) in [4.78, 5) is 50.4. The molecule has 11 heteroatoms. The van der Waals surface area contributed by atoms with Crippen LogP contribution in [-0.2, 0) is 4.79 Å². The zero-order chi connectivity index (χ0) is 23.3. The van der Waals surface area contributed by atoms with E-state index in [1.54, 1.807) is 19.9 Å². The monoisotopic (exact) mass is 452 g/mol. The maximum Gasteiger partial charge on any atom is 0.332 e. The van der Waals surface area contributed by atoms with E-state index < -0.39 is 21.8 Å². The number of likely N-dealkylation sites (N-methyl/N-ethyl adjacent to an activating group) is 2. The second-order valence-corrected chi connectivity index (χ2v) is 7.46. The first-order valence-electron chi connectivity index (χ1n) is 9.71. The molecule has 0 saturated carbocycles.